The highest BCUT2D eigenvalue weighted by atomic mass is 16.2. The highest BCUT2D eigenvalue weighted by molar-refractivity contribution is 6.14. The molecule has 0 saturated carbocycles. The van der Waals surface area contributed by atoms with E-state index in [-0.39, 0.29) is 0 Å². The van der Waals surface area contributed by atoms with E-state index in [4.69, 9.17) is 0 Å². The second-order valence-electron chi connectivity index (χ2n) is 5.27. The van der Waals surface area contributed by atoms with E-state index in [1.807, 2.05) is 30.3 Å². The Morgan fingerprint density at radius 2 is 1.68 bits per heavy atom. The number of hydrogen-bond acceptors (Lipinski definition) is 3. The zero-order valence-electron chi connectivity index (χ0n) is 12.7. The number of rotatable bonds is 2. The Balaban J connectivity index is 2.09. The van der Waals surface area contributed by atoms with Gasteiger partial charge in [0.25, 0.3) is 5.91 Å². The Morgan fingerprint density at radius 1 is 1.05 bits per heavy atom. The van der Waals surface area contributed by atoms with E-state index in [9.17, 15) is 14.4 Å². The van der Waals surface area contributed by atoms with Crippen molar-refractivity contribution in [1.29, 1.82) is 0 Å². The molecule has 0 bridgehead atoms. The summed E-state index contributed by atoms with van der Waals surface area (Å²) in [6.07, 6.45) is 5.75. The van der Waals surface area contributed by atoms with Crippen molar-refractivity contribution in [2.75, 3.05) is 13.1 Å². The monoisotopic (exact) mass is 300 g/mol. The molecule has 0 atom stereocenters. The molecule has 1 aliphatic rings. The van der Waals surface area contributed by atoms with Crippen LogP contribution in [0.15, 0.2) is 36.4 Å². The Labute approximate surface area is 130 Å². The first-order chi connectivity index (χ1) is 10.6. The molecular formula is C17H20N2O3. The fourth-order valence-electron chi connectivity index (χ4n) is 2.42. The summed E-state index contributed by atoms with van der Waals surface area (Å²) in [5.41, 5.74) is 0.838. The van der Waals surface area contributed by atoms with Gasteiger partial charge in [-0.25, -0.2) is 4.79 Å². The van der Waals surface area contributed by atoms with Crippen LogP contribution in [0.5, 0.6) is 0 Å². The number of carbonyl (C=O) groups excluding carboxylic acids is 3. The normalized spacial score (nSPS) is 14.9. The minimum atomic E-state index is -0.605. The van der Waals surface area contributed by atoms with Gasteiger partial charge in [-0.05, 0) is 30.9 Å². The SMILES string of the molecule is CC(=O)N(C(=O)/C=C/c1ccccc1)C(=O)N1CCCCC1. The van der Waals surface area contributed by atoms with Crippen molar-refractivity contribution in [3.05, 3.63) is 42.0 Å². The van der Waals surface area contributed by atoms with Gasteiger partial charge in [-0.1, -0.05) is 30.3 Å². The molecule has 5 nitrogen and oxygen atoms in total. The summed E-state index contributed by atoms with van der Waals surface area (Å²) in [6.45, 7) is 2.42. The van der Waals surface area contributed by atoms with Crippen molar-refractivity contribution in [1.82, 2.24) is 9.80 Å². The molecule has 1 aromatic rings. The van der Waals surface area contributed by atoms with Gasteiger partial charge in [0.15, 0.2) is 0 Å². The first kappa shape index (κ1) is 15.9. The molecular weight excluding hydrogens is 280 g/mol. The average Bonchev–Trinajstić information content (AvgIpc) is 2.54. The number of carbonyl (C=O) groups is 3. The lowest BCUT2D eigenvalue weighted by atomic mass is 10.1. The van der Waals surface area contributed by atoms with Crippen LogP contribution < -0.4 is 0 Å². The molecule has 1 heterocycles. The van der Waals surface area contributed by atoms with Crippen molar-refractivity contribution in [3.8, 4) is 0 Å². The molecule has 5 heteroatoms. The summed E-state index contributed by atoms with van der Waals surface area (Å²) in [5.74, 6) is -1.16. The maximum Gasteiger partial charge on any atom is 0.333 e. The number of urea groups is 1. The summed E-state index contributed by atoms with van der Waals surface area (Å²) in [4.78, 5) is 38.6. The summed E-state index contributed by atoms with van der Waals surface area (Å²) >= 11 is 0. The van der Waals surface area contributed by atoms with Gasteiger partial charge < -0.3 is 4.90 Å². The number of nitrogens with zero attached hydrogens (tertiary/aromatic N) is 2. The van der Waals surface area contributed by atoms with Gasteiger partial charge in [0.2, 0.25) is 5.91 Å². The van der Waals surface area contributed by atoms with Crippen molar-refractivity contribution in [2.24, 2.45) is 0 Å². The second kappa shape index (κ2) is 7.54. The molecule has 0 unspecified atom stereocenters. The molecule has 0 aromatic heterocycles. The maximum absolute atomic E-state index is 12.4. The molecule has 116 valence electrons. The Hall–Kier alpha value is -2.43. The number of likely N-dealkylation sites (tertiary alicyclic amines) is 1. The number of imide groups is 3. The van der Waals surface area contributed by atoms with Crippen LogP contribution in [0.2, 0.25) is 0 Å². The molecule has 0 spiro atoms. The molecule has 4 amide bonds. The standard InChI is InChI=1S/C17H20N2O3/c1-14(20)19(17(22)18-12-6-3-7-13-18)16(21)11-10-15-8-4-2-5-9-15/h2,4-5,8-11H,3,6-7,12-13H2,1H3/b11-10+. The smallest absolute Gasteiger partial charge is 0.324 e. The predicted octanol–water partition coefficient (Wildman–Crippen LogP) is 2.68. The van der Waals surface area contributed by atoms with Crippen molar-refractivity contribution < 1.29 is 14.4 Å². The third-order valence-corrected chi connectivity index (χ3v) is 3.57. The molecule has 1 saturated heterocycles. The minimum Gasteiger partial charge on any atom is -0.324 e. The van der Waals surface area contributed by atoms with Gasteiger partial charge in [-0.15, -0.1) is 0 Å². The molecule has 1 aromatic carbocycles. The quantitative estimate of drug-likeness (QED) is 0.789. The van der Waals surface area contributed by atoms with Crippen molar-refractivity contribution >= 4 is 23.9 Å². The second-order valence-corrected chi connectivity index (χ2v) is 5.27. The van der Waals surface area contributed by atoms with Gasteiger partial charge in [-0.3, -0.25) is 9.59 Å². The van der Waals surface area contributed by atoms with E-state index >= 15 is 0 Å². The van der Waals surface area contributed by atoms with E-state index < -0.39 is 17.8 Å². The first-order valence-electron chi connectivity index (χ1n) is 7.46. The average molecular weight is 300 g/mol. The van der Waals surface area contributed by atoms with E-state index in [0.29, 0.717) is 18.0 Å². The largest absolute Gasteiger partial charge is 0.333 e. The Morgan fingerprint density at radius 3 is 2.27 bits per heavy atom. The zero-order valence-corrected chi connectivity index (χ0v) is 12.7. The summed E-state index contributed by atoms with van der Waals surface area (Å²) in [6, 6.07) is 8.75. The molecule has 2 rings (SSSR count). The fourth-order valence-corrected chi connectivity index (χ4v) is 2.42. The van der Waals surface area contributed by atoms with E-state index in [2.05, 4.69) is 0 Å². The Kier molecular flexibility index (Phi) is 5.47. The van der Waals surface area contributed by atoms with Crippen LogP contribution in [0.25, 0.3) is 6.08 Å². The topological polar surface area (TPSA) is 57.7 Å². The van der Waals surface area contributed by atoms with Gasteiger partial charge in [-0.2, -0.15) is 4.90 Å². The lowest BCUT2D eigenvalue weighted by molar-refractivity contribution is -0.137. The zero-order chi connectivity index (χ0) is 15.9. The summed E-state index contributed by atoms with van der Waals surface area (Å²) in [7, 11) is 0. The van der Waals surface area contributed by atoms with Crippen LogP contribution in [0.3, 0.4) is 0 Å². The molecule has 0 N–H and O–H groups in total. The van der Waals surface area contributed by atoms with Crippen molar-refractivity contribution in [3.63, 3.8) is 0 Å². The lowest BCUT2D eigenvalue weighted by Gasteiger charge is -2.30. The Bertz CT molecular complexity index is 575. The summed E-state index contributed by atoms with van der Waals surface area (Å²) in [5, 5.41) is 0. The number of piperidine rings is 1. The highest BCUT2D eigenvalue weighted by Crippen LogP contribution is 2.12. The minimum absolute atomic E-state index is 0.519. The van der Waals surface area contributed by atoms with Crippen molar-refractivity contribution in [2.45, 2.75) is 26.2 Å². The molecule has 22 heavy (non-hydrogen) atoms. The predicted molar refractivity (Wildman–Crippen MR) is 83.8 cm³/mol. The number of amides is 4. The molecule has 0 radical (unpaired) electrons. The maximum atomic E-state index is 12.4. The van der Waals surface area contributed by atoms with E-state index in [1.54, 1.807) is 11.0 Å². The molecule has 1 aliphatic heterocycles. The van der Waals surface area contributed by atoms with Gasteiger partial charge in [0.05, 0.1) is 0 Å². The third-order valence-electron chi connectivity index (χ3n) is 3.57. The van der Waals surface area contributed by atoms with Gasteiger partial charge >= 0.3 is 6.03 Å². The van der Waals surface area contributed by atoms with Crippen LogP contribution in [0, 0.1) is 0 Å². The van der Waals surface area contributed by atoms with Crippen LogP contribution in [0.1, 0.15) is 31.7 Å². The lowest BCUT2D eigenvalue weighted by Crippen LogP contribution is -2.49. The van der Waals surface area contributed by atoms with E-state index in [0.717, 1.165) is 24.8 Å². The highest BCUT2D eigenvalue weighted by Gasteiger charge is 2.29. The van der Waals surface area contributed by atoms with Crippen LogP contribution in [0.4, 0.5) is 4.79 Å². The van der Waals surface area contributed by atoms with Gasteiger partial charge in [0.1, 0.15) is 0 Å². The number of benzene rings is 1. The fraction of sp³-hybridized carbons (Fsp3) is 0.353. The molecule has 1 fully saturated rings. The van der Waals surface area contributed by atoms with Crippen LogP contribution >= 0.6 is 0 Å². The first-order valence-corrected chi connectivity index (χ1v) is 7.46. The van der Waals surface area contributed by atoms with E-state index in [1.165, 1.54) is 13.0 Å². The van der Waals surface area contributed by atoms with Crippen LogP contribution in [-0.2, 0) is 9.59 Å². The van der Waals surface area contributed by atoms with Crippen LogP contribution in [-0.4, -0.2) is 40.7 Å². The number of hydrogen-bond donors (Lipinski definition) is 0. The summed E-state index contributed by atoms with van der Waals surface area (Å²) < 4.78 is 0. The third kappa shape index (κ3) is 4.04. The molecule has 0 aliphatic carbocycles. The van der Waals surface area contributed by atoms with Gasteiger partial charge in [0, 0.05) is 26.1 Å².